The third-order valence-electron chi connectivity index (χ3n) is 4.12. The number of halogens is 1. The molecule has 0 bridgehead atoms. The number of hydrogen-bond donors (Lipinski definition) is 1. The Balaban J connectivity index is 1.68. The van der Waals surface area contributed by atoms with E-state index < -0.39 is 18.0 Å². The number of thiocarbonyl (C=S) groups is 1. The molecule has 3 rings (SSSR count). The van der Waals surface area contributed by atoms with E-state index in [9.17, 15) is 14.0 Å². The molecule has 27 heavy (non-hydrogen) atoms. The number of hydrogen-bond acceptors (Lipinski definition) is 7. The SMILES string of the molecule is COC(=S)NCC1CN(c2ccc(N3C=NN(C=O)CC3)c(F)c2)C(=O)O1. The maximum atomic E-state index is 14.6. The Morgan fingerprint density at radius 1 is 1.52 bits per heavy atom. The Bertz CT molecular complexity index is 777. The van der Waals surface area contributed by atoms with Crippen molar-refractivity contribution in [2.75, 3.05) is 43.1 Å². The first-order valence-electron chi connectivity index (χ1n) is 8.14. The maximum absolute atomic E-state index is 14.6. The second-order valence-corrected chi connectivity index (χ2v) is 6.19. The van der Waals surface area contributed by atoms with Gasteiger partial charge in [-0.3, -0.25) is 9.69 Å². The molecule has 0 spiro atoms. The van der Waals surface area contributed by atoms with Crippen LogP contribution < -0.4 is 15.1 Å². The lowest BCUT2D eigenvalue weighted by atomic mass is 10.2. The van der Waals surface area contributed by atoms with Crippen molar-refractivity contribution in [3.8, 4) is 0 Å². The molecule has 0 radical (unpaired) electrons. The van der Waals surface area contributed by atoms with Gasteiger partial charge in [-0.15, -0.1) is 0 Å². The van der Waals surface area contributed by atoms with E-state index in [0.29, 0.717) is 37.4 Å². The van der Waals surface area contributed by atoms with Crippen LogP contribution in [0.4, 0.5) is 20.6 Å². The minimum atomic E-state index is -0.557. The molecule has 1 aromatic carbocycles. The summed E-state index contributed by atoms with van der Waals surface area (Å²) in [5.74, 6) is -0.506. The normalized spacial score (nSPS) is 19.1. The number of amides is 2. The molecule has 1 fully saturated rings. The van der Waals surface area contributed by atoms with Gasteiger partial charge in [-0.05, 0) is 30.4 Å². The van der Waals surface area contributed by atoms with Gasteiger partial charge < -0.3 is 19.7 Å². The highest BCUT2D eigenvalue weighted by molar-refractivity contribution is 7.80. The zero-order valence-electron chi connectivity index (χ0n) is 14.5. The van der Waals surface area contributed by atoms with Gasteiger partial charge in [-0.25, -0.2) is 14.2 Å². The first kappa shape index (κ1) is 18.8. The maximum Gasteiger partial charge on any atom is 0.414 e. The van der Waals surface area contributed by atoms with Crippen LogP contribution in [0.15, 0.2) is 23.3 Å². The summed E-state index contributed by atoms with van der Waals surface area (Å²) in [6.45, 7) is 1.33. The smallest absolute Gasteiger partial charge is 0.414 e. The fourth-order valence-corrected chi connectivity index (χ4v) is 2.80. The van der Waals surface area contributed by atoms with Gasteiger partial charge >= 0.3 is 6.09 Å². The van der Waals surface area contributed by atoms with E-state index in [4.69, 9.17) is 21.7 Å². The summed E-state index contributed by atoms with van der Waals surface area (Å²) >= 11 is 4.88. The Labute approximate surface area is 160 Å². The lowest BCUT2D eigenvalue weighted by molar-refractivity contribution is -0.118. The molecule has 1 atom stereocenters. The highest BCUT2D eigenvalue weighted by Gasteiger charge is 2.33. The predicted molar refractivity (Wildman–Crippen MR) is 100 cm³/mol. The number of methoxy groups -OCH3 is 1. The minimum absolute atomic E-state index is 0.205. The third kappa shape index (κ3) is 4.25. The van der Waals surface area contributed by atoms with Crippen LogP contribution in [0.2, 0.25) is 0 Å². The molecule has 2 aliphatic rings. The van der Waals surface area contributed by atoms with Crippen molar-refractivity contribution >= 4 is 47.6 Å². The second kappa shape index (κ2) is 8.16. The van der Waals surface area contributed by atoms with Crippen molar-refractivity contribution in [1.82, 2.24) is 10.3 Å². The zero-order chi connectivity index (χ0) is 19.4. The number of nitrogens with one attached hydrogen (secondary N) is 1. The van der Waals surface area contributed by atoms with Crippen molar-refractivity contribution in [2.24, 2.45) is 5.10 Å². The fourth-order valence-electron chi connectivity index (χ4n) is 2.72. The molecule has 11 heteroatoms. The van der Waals surface area contributed by atoms with E-state index in [0.717, 1.165) is 0 Å². The topological polar surface area (TPSA) is 86.7 Å². The van der Waals surface area contributed by atoms with Crippen LogP contribution in [-0.2, 0) is 14.3 Å². The summed E-state index contributed by atoms with van der Waals surface area (Å²) < 4.78 is 24.7. The highest BCUT2D eigenvalue weighted by atomic mass is 32.1. The first-order chi connectivity index (χ1) is 13.0. The van der Waals surface area contributed by atoms with Crippen LogP contribution in [0.25, 0.3) is 0 Å². The standard InChI is InChI=1S/C16H18FN5O4S/c1-25-15(27)18-7-12-8-22(16(24)26-12)11-2-3-14(13(17)6-11)20-4-5-21(10-23)19-9-20/h2-3,6,9-10,12H,4-5,7-8H2,1H3,(H,18,27). The van der Waals surface area contributed by atoms with Gasteiger partial charge in [-0.1, -0.05) is 0 Å². The minimum Gasteiger partial charge on any atom is -0.474 e. The van der Waals surface area contributed by atoms with Gasteiger partial charge in [0, 0.05) is 6.54 Å². The number of nitrogens with zero attached hydrogens (tertiary/aromatic N) is 4. The average Bonchev–Trinajstić information content (AvgIpc) is 3.06. The van der Waals surface area contributed by atoms with Crippen molar-refractivity contribution in [2.45, 2.75) is 6.10 Å². The molecular weight excluding hydrogens is 377 g/mol. The Hall–Kier alpha value is -2.95. The summed E-state index contributed by atoms with van der Waals surface area (Å²) in [4.78, 5) is 25.7. The quantitative estimate of drug-likeness (QED) is 0.585. The van der Waals surface area contributed by atoms with Gasteiger partial charge in [0.15, 0.2) is 0 Å². The lowest BCUT2D eigenvalue weighted by Crippen LogP contribution is -2.37. The Kier molecular flexibility index (Phi) is 5.69. The van der Waals surface area contributed by atoms with Gasteiger partial charge in [0.25, 0.3) is 5.17 Å². The molecule has 1 unspecified atom stereocenters. The highest BCUT2D eigenvalue weighted by Crippen LogP contribution is 2.28. The number of carbonyl (C=O) groups excluding carboxylic acids is 2. The van der Waals surface area contributed by atoms with Crippen molar-refractivity contribution in [3.63, 3.8) is 0 Å². The van der Waals surface area contributed by atoms with Crippen LogP contribution in [-0.4, -0.2) is 68.4 Å². The van der Waals surface area contributed by atoms with Gasteiger partial charge in [0.2, 0.25) is 6.41 Å². The van der Waals surface area contributed by atoms with Gasteiger partial charge in [-0.2, -0.15) is 5.10 Å². The summed E-state index contributed by atoms with van der Waals surface area (Å²) in [7, 11) is 1.44. The molecule has 1 N–H and O–H groups in total. The fraction of sp³-hybridized carbons (Fsp3) is 0.375. The molecule has 9 nitrogen and oxygen atoms in total. The van der Waals surface area contributed by atoms with Crippen LogP contribution in [0, 0.1) is 5.82 Å². The molecule has 1 saturated heterocycles. The van der Waals surface area contributed by atoms with Crippen LogP contribution in [0.5, 0.6) is 0 Å². The van der Waals surface area contributed by atoms with Crippen LogP contribution in [0.3, 0.4) is 0 Å². The van der Waals surface area contributed by atoms with Crippen LogP contribution >= 0.6 is 12.2 Å². The molecule has 1 aromatic rings. The lowest BCUT2D eigenvalue weighted by Gasteiger charge is -2.27. The summed E-state index contributed by atoms with van der Waals surface area (Å²) in [5.41, 5.74) is 0.700. The molecule has 0 aromatic heterocycles. The van der Waals surface area contributed by atoms with E-state index >= 15 is 0 Å². The molecule has 0 aliphatic carbocycles. The predicted octanol–water partition coefficient (Wildman–Crippen LogP) is 0.893. The average molecular weight is 395 g/mol. The molecule has 2 aliphatic heterocycles. The summed E-state index contributed by atoms with van der Waals surface area (Å²) in [5, 5.41) is 8.15. The van der Waals surface area contributed by atoms with E-state index in [2.05, 4.69) is 10.4 Å². The van der Waals surface area contributed by atoms with E-state index in [-0.39, 0.29) is 11.7 Å². The van der Waals surface area contributed by atoms with Crippen molar-refractivity contribution < 1.29 is 23.5 Å². The zero-order valence-corrected chi connectivity index (χ0v) is 15.3. The van der Waals surface area contributed by atoms with Crippen molar-refractivity contribution in [1.29, 1.82) is 0 Å². The van der Waals surface area contributed by atoms with E-state index in [1.165, 1.54) is 29.4 Å². The third-order valence-corrected chi connectivity index (χ3v) is 4.43. The molecule has 2 amide bonds. The molecular formula is C16H18FN5O4S. The number of ether oxygens (including phenoxy) is 2. The molecule has 0 saturated carbocycles. The second-order valence-electron chi connectivity index (χ2n) is 5.82. The number of hydrazone groups is 1. The Morgan fingerprint density at radius 3 is 2.96 bits per heavy atom. The first-order valence-corrected chi connectivity index (χ1v) is 8.55. The van der Waals surface area contributed by atoms with E-state index in [1.807, 2.05) is 0 Å². The van der Waals surface area contributed by atoms with E-state index in [1.54, 1.807) is 17.0 Å². The number of carbonyl (C=O) groups is 2. The van der Waals surface area contributed by atoms with Crippen LogP contribution in [0.1, 0.15) is 0 Å². The number of cyclic esters (lactones) is 1. The molecule has 2 heterocycles. The number of anilines is 2. The number of rotatable bonds is 5. The monoisotopic (exact) mass is 395 g/mol. The van der Waals surface area contributed by atoms with Gasteiger partial charge in [0.1, 0.15) is 18.3 Å². The largest absolute Gasteiger partial charge is 0.474 e. The molecule has 144 valence electrons. The van der Waals surface area contributed by atoms with Crippen molar-refractivity contribution in [3.05, 3.63) is 24.0 Å². The Morgan fingerprint density at radius 2 is 2.33 bits per heavy atom. The van der Waals surface area contributed by atoms with Gasteiger partial charge in [0.05, 0.1) is 38.1 Å². The number of benzene rings is 1. The summed E-state index contributed by atoms with van der Waals surface area (Å²) in [6, 6.07) is 4.47. The summed E-state index contributed by atoms with van der Waals surface area (Å²) in [6.07, 6.45) is 1.01.